The van der Waals surface area contributed by atoms with Crippen molar-refractivity contribution in [2.75, 3.05) is 0 Å². The lowest BCUT2D eigenvalue weighted by atomic mass is 9.77. The Morgan fingerprint density at radius 3 is 1.75 bits per heavy atom. The van der Waals surface area contributed by atoms with E-state index in [1.165, 1.54) is 0 Å². The molecule has 0 nitrogen and oxygen atoms in total. The summed E-state index contributed by atoms with van der Waals surface area (Å²) in [5.41, 5.74) is -0.142. The third kappa shape index (κ3) is 2.76. The van der Waals surface area contributed by atoms with Gasteiger partial charge in [0.15, 0.2) is 0 Å². The van der Waals surface area contributed by atoms with E-state index >= 15 is 0 Å². The number of alkyl halides is 1. The summed E-state index contributed by atoms with van der Waals surface area (Å²) in [5.74, 6) is 0.250. The predicted molar refractivity (Wildman–Crippen MR) is 53.0 cm³/mol. The molecular weight excluding hydrogens is 151 g/mol. The van der Waals surface area contributed by atoms with Gasteiger partial charge < -0.3 is 0 Å². The number of hydrogen-bond donors (Lipinski definition) is 0. The lowest BCUT2D eigenvalue weighted by molar-refractivity contribution is 0.0745. The minimum atomic E-state index is -0.641. The molecule has 0 amide bonds. The highest BCUT2D eigenvalue weighted by molar-refractivity contribution is 4.81. The summed E-state index contributed by atoms with van der Waals surface area (Å²) in [4.78, 5) is 0. The second-order valence-electron chi connectivity index (χ2n) is 4.32. The fourth-order valence-corrected chi connectivity index (χ4v) is 1.54. The fourth-order valence-electron chi connectivity index (χ4n) is 1.54. The molecule has 0 aromatic rings. The van der Waals surface area contributed by atoms with Crippen LogP contribution in [0.1, 0.15) is 53.9 Å². The van der Waals surface area contributed by atoms with E-state index in [-0.39, 0.29) is 11.3 Å². The van der Waals surface area contributed by atoms with Gasteiger partial charge in [0.1, 0.15) is 6.17 Å². The normalized spacial score (nSPS) is 15.2. The lowest BCUT2D eigenvalue weighted by Crippen LogP contribution is -2.31. The molecule has 12 heavy (non-hydrogen) atoms. The van der Waals surface area contributed by atoms with Crippen LogP contribution < -0.4 is 0 Å². The summed E-state index contributed by atoms with van der Waals surface area (Å²) < 4.78 is 13.8. The van der Waals surface area contributed by atoms with Crippen LogP contribution in [0.15, 0.2) is 0 Å². The zero-order valence-corrected chi connectivity index (χ0v) is 9.15. The maximum absolute atomic E-state index is 13.8. The van der Waals surface area contributed by atoms with Crippen molar-refractivity contribution in [3.8, 4) is 0 Å². The van der Waals surface area contributed by atoms with Crippen molar-refractivity contribution < 1.29 is 4.39 Å². The standard InChI is InChI=1S/C11H23F/c1-6-9(7-2)10(12)11(4,5)8-3/h9-10H,6-8H2,1-5H3. The van der Waals surface area contributed by atoms with E-state index in [2.05, 4.69) is 20.8 Å². The molecule has 0 aliphatic carbocycles. The van der Waals surface area contributed by atoms with E-state index in [4.69, 9.17) is 0 Å². The first kappa shape index (κ1) is 11.9. The van der Waals surface area contributed by atoms with Gasteiger partial charge in [-0.3, -0.25) is 0 Å². The van der Waals surface area contributed by atoms with Crippen LogP contribution in [0.3, 0.4) is 0 Å². The number of rotatable bonds is 5. The maximum Gasteiger partial charge on any atom is 0.108 e. The Labute approximate surface area is 76.6 Å². The quantitative estimate of drug-likeness (QED) is 0.586. The van der Waals surface area contributed by atoms with Crippen molar-refractivity contribution in [2.45, 2.75) is 60.1 Å². The van der Waals surface area contributed by atoms with Crippen LogP contribution in [0.4, 0.5) is 4.39 Å². The number of hydrogen-bond acceptors (Lipinski definition) is 0. The van der Waals surface area contributed by atoms with Crippen LogP contribution in [-0.2, 0) is 0 Å². The molecule has 0 rings (SSSR count). The van der Waals surface area contributed by atoms with Gasteiger partial charge in [-0.2, -0.15) is 0 Å². The molecule has 0 heterocycles. The average molecular weight is 174 g/mol. The minimum Gasteiger partial charge on any atom is -0.247 e. The molecule has 0 aliphatic heterocycles. The van der Waals surface area contributed by atoms with Crippen LogP contribution in [-0.4, -0.2) is 6.17 Å². The van der Waals surface area contributed by atoms with E-state index in [0.29, 0.717) is 0 Å². The van der Waals surface area contributed by atoms with Gasteiger partial charge in [-0.15, -0.1) is 0 Å². The molecule has 74 valence electrons. The molecule has 1 heteroatoms. The molecule has 0 saturated heterocycles. The van der Waals surface area contributed by atoms with Gasteiger partial charge in [0.05, 0.1) is 0 Å². The molecule has 0 bridgehead atoms. The van der Waals surface area contributed by atoms with Crippen LogP contribution in [0.2, 0.25) is 0 Å². The van der Waals surface area contributed by atoms with E-state index in [1.807, 2.05) is 13.8 Å². The molecule has 1 atom stereocenters. The van der Waals surface area contributed by atoms with Gasteiger partial charge in [0.25, 0.3) is 0 Å². The van der Waals surface area contributed by atoms with Crippen molar-refractivity contribution in [3.05, 3.63) is 0 Å². The molecule has 0 fully saturated rings. The minimum absolute atomic E-state index is 0.142. The molecule has 0 spiro atoms. The van der Waals surface area contributed by atoms with Crippen molar-refractivity contribution >= 4 is 0 Å². The summed E-state index contributed by atoms with van der Waals surface area (Å²) in [6.07, 6.45) is 2.20. The first-order valence-corrected chi connectivity index (χ1v) is 5.13. The Hall–Kier alpha value is -0.0700. The third-order valence-electron chi connectivity index (χ3n) is 3.12. The van der Waals surface area contributed by atoms with Gasteiger partial charge >= 0.3 is 0 Å². The smallest absolute Gasteiger partial charge is 0.108 e. The average Bonchev–Trinajstić information content (AvgIpc) is 2.06. The second kappa shape index (κ2) is 4.84. The number of halogens is 1. The van der Waals surface area contributed by atoms with Crippen molar-refractivity contribution in [1.82, 2.24) is 0 Å². The largest absolute Gasteiger partial charge is 0.247 e. The highest BCUT2D eigenvalue weighted by Crippen LogP contribution is 2.34. The molecule has 0 saturated carbocycles. The van der Waals surface area contributed by atoms with Crippen molar-refractivity contribution in [2.24, 2.45) is 11.3 Å². The summed E-state index contributed by atoms with van der Waals surface area (Å²) in [6, 6.07) is 0. The van der Waals surface area contributed by atoms with E-state index < -0.39 is 6.17 Å². The molecule has 1 unspecified atom stereocenters. The molecule has 0 aromatic carbocycles. The van der Waals surface area contributed by atoms with Gasteiger partial charge in [-0.25, -0.2) is 4.39 Å². The summed E-state index contributed by atoms with van der Waals surface area (Å²) in [6.45, 7) is 10.3. The van der Waals surface area contributed by atoms with Gasteiger partial charge in [-0.1, -0.05) is 47.5 Å². The monoisotopic (exact) mass is 174 g/mol. The van der Waals surface area contributed by atoms with Crippen LogP contribution in [0.5, 0.6) is 0 Å². The van der Waals surface area contributed by atoms with Gasteiger partial charge in [0, 0.05) is 0 Å². The maximum atomic E-state index is 13.8. The van der Waals surface area contributed by atoms with Crippen molar-refractivity contribution in [1.29, 1.82) is 0 Å². The van der Waals surface area contributed by atoms with E-state index in [0.717, 1.165) is 19.3 Å². The highest BCUT2D eigenvalue weighted by Gasteiger charge is 2.32. The van der Waals surface area contributed by atoms with Crippen LogP contribution >= 0.6 is 0 Å². The highest BCUT2D eigenvalue weighted by atomic mass is 19.1. The van der Waals surface area contributed by atoms with E-state index in [1.54, 1.807) is 0 Å². The predicted octanol–water partition coefficient (Wildman–Crippen LogP) is 4.20. The lowest BCUT2D eigenvalue weighted by Gasteiger charge is -2.32. The topological polar surface area (TPSA) is 0 Å². The molecule has 0 N–H and O–H groups in total. The Kier molecular flexibility index (Phi) is 4.81. The molecule has 0 aliphatic rings. The fraction of sp³-hybridized carbons (Fsp3) is 1.00. The summed E-state index contributed by atoms with van der Waals surface area (Å²) in [7, 11) is 0. The summed E-state index contributed by atoms with van der Waals surface area (Å²) in [5, 5.41) is 0. The zero-order chi connectivity index (χ0) is 9.78. The molecular formula is C11H23F. The van der Waals surface area contributed by atoms with Gasteiger partial charge in [0.2, 0.25) is 0 Å². The van der Waals surface area contributed by atoms with Gasteiger partial charge in [-0.05, 0) is 17.8 Å². The SMILES string of the molecule is CCC(CC)C(F)C(C)(C)CC. The van der Waals surface area contributed by atoms with E-state index in [9.17, 15) is 4.39 Å². The van der Waals surface area contributed by atoms with Crippen LogP contribution in [0, 0.1) is 11.3 Å². The summed E-state index contributed by atoms with van der Waals surface area (Å²) >= 11 is 0. The first-order chi connectivity index (χ1) is 5.49. The second-order valence-corrected chi connectivity index (χ2v) is 4.32. The third-order valence-corrected chi connectivity index (χ3v) is 3.12. The van der Waals surface area contributed by atoms with Crippen molar-refractivity contribution in [3.63, 3.8) is 0 Å². The zero-order valence-electron chi connectivity index (χ0n) is 9.15. The first-order valence-electron chi connectivity index (χ1n) is 5.13. The Morgan fingerprint density at radius 1 is 1.08 bits per heavy atom. The molecule has 0 aromatic heterocycles. The Bertz CT molecular complexity index is 114. The Balaban J connectivity index is 4.23. The Morgan fingerprint density at radius 2 is 1.50 bits per heavy atom. The van der Waals surface area contributed by atoms with Crippen LogP contribution in [0.25, 0.3) is 0 Å². The molecule has 0 radical (unpaired) electrons.